The predicted molar refractivity (Wildman–Crippen MR) is 173 cm³/mol. The Morgan fingerprint density at radius 1 is 0.513 bits per heavy atom. The van der Waals surface area contributed by atoms with Gasteiger partial charge in [-0.1, -0.05) is 122 Å². The van der Waals surface area contributed by atoms with Crippen molar-refractivity contribution in [3.8, 4) is 0 Å². The molecule has 0 radical (unpaired) electrons. The molecule has 1 aromatic carbocycles. The van der Waals surface area contributed by atoms with E-state index in [0.29, 0.717) is 0 Å². The Morgan fingerprint density at radius 2 is 0.923 bits per heavy atom. The SMILES string of the molecule is CCCCCCCCc1c(CCCCCC)ccc(CCCCCCC2C3NC23)c1CCCCCCCCN. The van der Waals surface area contributed by atoms with Crippen molar-refractivity contribution in [3.63, 3.8) is 0 Å². The van der Waals surface area contributed by atoms with Crippen molar-refractivity contribution in [2.24, 2.45) is 11.7 Å². The topological polar surface area (TPSA) is 48.0 Å². The van der Waals surface area contributed by atoms with Gasteiger partial charge in [-0.2, -0.15) is 0 Å². The first-order valence-electron chi connectivity index (χ1n) is 17.9. The van der Waals surface area contributed by atoms with Gasteiger partial charge in [0.05, 0.1) is 0 Å². The maximum absolute atomic E-state index is 5.71. The smallest absolute Gasteiger partial charge is 0.0271 e. The highest BCUT2D eigenvalue weighted by molar-refractivity contribution is 5.42. The third kappa shape index (κ3) is 12.7. The van der Waals surface area contributed by atoms with E-state index in [1.807, 2.05) is 0 Å². The van der Waals surface area contributed by atoms with Gasteiger partial charge in [0, 0.05) is 12.1 Å². The van der Waals surface area contributed by atoms with Crippen molar-refractivity contribution in [1.29, 1.82) is 0 Å². The van der Waals surface area contributed by atoms with Gasteiger partial charge in [0.2, 0.25) is 0 Å². The average molecular weight is 539 g/mol. The number of nitrogens with two attached hydrogens (primary N) is 1. The Morgan fingerprint density at radius 3 is 1.38 bits per heavy atom. The quantitative estimate of drug-likeness (QED) is 0.0864. The van der Waals surface area contributed by atoms with Crippen LogP contribution in [-0.4, -0.2) is 18.6 Å². The minimum absolute atomic E-state index is 0.856. The molecule has 3 N–H and O–H groups in total. The second kappa shape index (κ2) is 20.1. The maximum Gasteiger partial charge on any atom is 0.0271 e. The normalized spacial score (nSPS) is 19.4. The minimum atomic E-state index is 0.856. The number of hydrogen-bond donors (Lipinski definition) is 2. The number of hydrogen-bond acceptors (Lipinski definition) is 2. The zero-order valence-corrected chi connectivity index (χ0v) is 26.3. The van der Waals surface area contributed by atoms with Crippen LogP contribution in [0.15, 0.2) is 12.1 Å². The molecule has 1 aromatic rings. The maximum atomic E-state index is 5.71. The molecule has 0 aromatic heterocycles. The molecule has 1 aliphatic carbocycles. The molecule has 0 bridgehead atoms. The Labute approximate surface area is 244 Å². The van der Waals surface area contributed by atoms with Crippen molar-refractivity contribution in [1.82, 2.24) is 5.32 Å². The van der Waals surface area contributed by atoms with Gasteiger partial charge in [-0.3, -0.25) is 0 Å². The summed E-state index contributed by atoms with van der Waals surface area (Å²) in [6, 6.07) is 7.02. The summed E-state index contributed by atoms with van der Waals surface area (Å²) in [4.78, 5) is 0. The van der Waals surface area contributed by atoms with Gasteiger partial charge in [0.15, 0.2) is 0 Å². The van der Waals surface area contributed by atoms with Crippen LogP contribution < -0.4 is 11.1 Å². The Balaban J connectivity index is 1.57. The van der Waals surface area contributed by atoms with E-state index in [0.717, 1.165) is 24.5 Å². The molecular formula is C37H66N2. The first-order valence-corrected chi connectivity index (χ1v) is 17.9. The van der Waals surface area contributed by atoms with Crippen LogP contribution in [0.25, 0.3) is 0 Å². The molecule has 2 fully saturated rings. The van der Waals surface area contributed by atoms with E-state index in [9.17, 15) is 0 Å². The lowest BCUT2D eigenvalue weighted by Gasteiger charge is -2.20. The molecule has 39 heavy (non-hydrogen) atoms. The summed E-state index contributed by atoms with van der Waals surface area (Å²) in [5, 5.41) is 3.51. The van der Waals surface area contributed by atoms with E-state index in [-0.39, 0.29) is 0 Å². The molecule has 3 rings (SSSR count). The zero-order chi connectivity index (χ0) is 27.5. The van der Waals surface area contributed by atoms with Crippen molar-refractivity contribution >= 4 is 0 Å². The fourth-order valence-electron chi connectivity index (χ4n) is 6.94. The van der Waals surface area contributed by atoms with Gasteiger partial charge < -0.3 is 11.1 Å². The largest absolute Gasteiger partial charge is 0.330 e. The summed E-state index contributed by atoms with van der Waals surface area (Å²) in [5.41, 5.74) is 12.7. The van der Waals surface area contributed by atoms with Crippen LogP contribution in [0.5, 0.6) is 0 Å². The average Bonchev–Trinajstić information content (AvgIpc) is 3.86. The third-order valence-corrected chi connectivity index (χ3v) is 9.76. The first kappa shape index (κ1) is 32.7. The number of fused-ring (bicyclic) bond motifs is 1. The summed E-state index contributed by atoms with van der Waals surface area (Å²) in [5.74, 6) is 1.06. The number of benzene rings is 1. The minimum Gasteiger partial charge on any atom is -0.330 e. The molecule has 2 unspecified atom stereocenters. The van der Waals surface area contributed by atoms with Gasteiger partial charge in [-0.05, 0) is 98.9 Å². The van der Waals surface area contributed by atoms with Crippen molar-refractivity contribution in [2.45, 2.75) is 186 Å². The van der Waals surface area contributed by atoms with Crippen LogP contribution >= 0.6 is 0 Å². The Bertz CT molecular complexity index is 748. The van der Waals surface area contributed by atoms with Gasteiger partial charge in [-0.25, -0.2) is 0 Å². The molecule has 2 heteroatoms. The third-order valence-electron chi connectivity index (χ3n) is 9.76. The molecule has 2 nitrogen and oxygen atoms in total. The fourth-order valence-corrected chi connectivity index (χ4v) is 6.94. The second-order valence-corrected chi connectivity index (χ2v) is 13.2. The summed E-state index contributed by atoms with van der Waals surface area (Å²) >= 11 is 0. The molecular weight excluding hydrogens is 472 g/mol. The van der Waals surface area contributed by atoms with Crippen LogP contribution in [0.4, 0.5) is 0 Å². The lowest BCUT2D eigenvalue weighted by molar-refractivity contribution is 0.521. The molecule has 1 saturated carbocycles. The van der Waals surface area contributed by atoms with E-state index in [2.05, 4.69) is 31.3 Å². The predicted octanol–water partition coefficient (Wildman–Crippen LogP) is 10.0. The summed E-state index contributed by atoms with van der Waals surface area (Å²) < 4.78 is 0. The van der Waals surface area contributed by atoms with Crippen LogP contribution in [0.2, 0.25) is 0 Å². The molecule has 2 atom stereocenters. The zero-order valence-electron chi connectivity index (χ0n) is 26.3. The highest BCUT2D eigenvalue weighted by Gasteiger charge is 2.63. The van der Waals surface area contributed by atoms with Crippen molar-refractivity contribution < 1.29 is 0 Å². The molecule has 0 amide bonds. The Hall–Kier alpha value is -0.860. The lowest BCUT2D eigenvalue weighted by Crippen LogP contribution is -2.07. The van der Waals surface area contributed by atoms with Gasteiger partial charge >= 0.3 is 0 Å². The Kier molecular flexibility index (Phi) is 16.8. The van der Waals surface area contributed by atoms with E-state index in [1.54, 1.807) is 22.3 Å². The molecule has 1 saturated heterocycles. The highest BCUT2D eigenvalue weighted by Crippen LogP contribution is 2.48. The van der Waals surface area contributed by atoms with E-state index in [1.165, 1.54) is 161 Å². The van der Waals surface area contributed by atoms with Crippen LogP contribution in [0.3, 0.4) is 0 Å². The summed E-state index contributed by atoms with van der Waals surface area (Å²) in [7, 11) is 0. The highest BCUT2D eigenvalue weighted by atomic mass is 15.3. The first-order chi connectivity index (χ1) is 19.3. The lowest BCUT2D eigenvalue weighted by atomic mass is 9.85. The number of unbranched alkanes of at least 4 members (excludes halogenated alkanes) is 16. The van der Waals surface area contributed by atoms with Crippen molar-refractivity contribution in [2.75, 3.05) is 6.54 Å². The van der Waals surface area contributed by atoms with Crippen LogP contribution in [0.1, 0.15) is 171 Å². The number of aryl methyl sites for hydroxylation is 2. The fraction of sp³-hybridized carbons (Fsp3) is 0.838. The van der Waals surface area contributed by atoms with E-state index >= 15 is 0 Å². The molecule has 1 heterocycles. The van der Waals surface area contributed by atoms with E-state index < -0.39 is 0 Å². The van der Waals surface area contributed by atoms with Crippen LogP contribution in [-0.2, 0) is 25.7 Å². The summed E-state index contributed by atoms with van der Waals surface area (Å²) in [6.07, 6.45) is 34.4. The van der Waals surface area contributed by atoms with Crippen molar-refractivity contribution in [3.05, 3.63) is 34.4 Å². The standard InChI is InChI=1S/C37H66N2/c1-3-5-7-9-12-19-25-33-31(23-17-8-6-4-2)28-29-32(34(33)26-20-13-10-11-16-22-30-38)24-18-14-15-21-27-35-36-37(35)39-36/h28-29,35-37,39H,3-27,30,38H2,1-2H3. The molecule has 224 valence electrons. The van der Waals surface area contributed by atoms with Gasteiger partial charge in [0.25, 0.3) is 0 Å². The monoisotopic (exact) mass is 539 g/mol. The van der Waals surface area contributed by atoms with Gasteiger partial charge in [-0.15, -0.1) is 0 Å². The van der Waals surface area contributed by atoms with Gasteiger partial charge in [0.1, 0.15) is 0 Å². The van der Waals surface area contributed by atoms with Crippen LogP contribution in [0, 0.1) is 5.92 Å². The molecule has 0 spiro atoms. The second-order valence-electron chi connectivity index (χ2n) is 13.2. The van der Waals surface area contributed by atoms with E-state index in [4.69, 9.17) is 5.73 Å². The molecule has 2 aliphatic rings. The number of nitrogens with one attached hydrogen (secondary N) is 1. The summed E-state index contributed by atoms with van der Waals surface area (Å²) in [6.45, 7) is 5.52. The molecule has 1 aliphatic heterocycles. The number of rotatable bonds is 27.